The van der Waals surface area contributed by atoms with E-state index >= 15 is 0 Å². The molecule has 0 radical (unpaired) electrons. The lowest BCUT2D eigenvalue weighted by molar-refractivity contribution is -0.116. The monoisotopic (exact) mass is 412 g/mol. The van der Waals surface area contributed by atoms with Gasteiger partial charge in [0.15, 0.2) is 5.13 Å². The van der Waals surface area contributed by atoms with E-state index in [0.717, 1.165) is 27.3 Å². The number of carbonyl (C=O) groups excluding carboxylic acids is 1. The normalized spacial score (nSPS) is 12.4. The summed E-state index contributed by atoms with van der Waals surface area (Å²) in [6.45, 7) is 4.34. The van der Waals surface area contributed by atoms with Crippen molar-refractivity contribution in [2.75, 3.05) is 5.32 Å². The van der Waals surface area contributed by atoms with Crippen molar-refractivity contribution in [2.45, 2.75) is 36.3 Å². The molecule has 4 aromatic rings. The lowest BCUT2D eigenvalue weighted by atomic mass is 10.2. The number of benzene rings is 1. The molecule has 1 unspecified atom stereocenters. The van der Waals surface area contributed by atoms with Gasteiger partial charge in [-0.1, -0.05) is 36.5 Å². The lowest BCUT2D eigenvalue weighted by Gasteiger charge is -2.05. The van der Waals surface area contributed by atoms with E-state index in [2.05, 4.69) is 15.3 Å². The Morgan fingerprint density at radius 3 is 2.96 bits per heavy atom. The third-order valence-corrected chi connectivity index (χ3v) is 6.42. The van der Waals surface area contributed by atoms with Gasteiger partial charge in [0.05, 0.1) is 21.9 Å². The van der Waals surface area contributed by atoms with Gasteiger partial charge in [-0.2, -0.15) is 0 Å². The minimum absolute atomic E-state index is 0.0792. The summed E-state index contributed by atoms with van der Waals surface area (Å²) < 4.78 is 8.65. The predicted octanol–water partition coefficient (Wildman–Crippen LogP) is 5.14. The molecule has 28 heavy (non-hydrogen) atoms. The van der Waals surface area contributed by atoms with Crippen molar-refractivity contribution in [1.29, 1.82) is 0 Å². The summed E-state index contributed by atoms with van der Waals surface area (Å²) >= 11 is 3.07. The third-order valence-electron chi connectivity index (χ3n) is 4.29. The van der Waals surface area contributed by atoms with Crippen LogP contribution in [0, 0.1) is 0 Å². The molecule has 0 spiro atoms. The Hall–Kier alpha value is -2.58. The molecular formula is C20H20N4O2S2. The molecule has 3 heterocycles. The van der Waals surface area contributed by atoms with E-state index in [4.69, 9.17) is 4.42 Å². The average Bonchev–Trinajstić information content (AvgIpc) is 3.42. The topological polar surface area (TPSA) is 73.0 Å². The van der Waals surface area contributed by atoms with E-state index in [9.17, 15) is 4.79 Å². The second-order valence-corrected chi connectivity index (χ2v) is 8.99. The number of anilines is 1. The molecule has 0 saturated heterocycles. The van der Waals surface area contributed by atoms with Gasteiger partial charge in [0.1, 0.15) is 12.3 Å². The van der Waals surface area contributed by atoms with Crippen LogP contribution in [0.1, 0.15) is 30.7 Å². The molecular weight excluding hydrogens is 392 g/mol. The summed E-state index contributed by atoms with van der Waals surface area (Å²) in [6, 6.07) is 10.0. The van der Waals surface area contributed by atoms with Crippen molar-refractivity contribution >= 4 is 45.0 Å². The highest BCUT2D eigenvalue weighted by Gasteiger charge is 2.16. The van der Waals surface area contributed by atoms with Crippen LogP contribution in [-0.4, -0.2) is 20.4 Å². The van der Waals surface area contributed by atoms with Crippen LogP contribution >= 0.6 is 23.1 Å². The van der Waals surface area contributed by atoms with Gasteiger partial charge in [-0.3, -0.25) is 4.79 Å². The molecule has 1 N–H and O–H groups in total. The number of thiazole rings is 1. The molecule has 1 atom stereocenters. The molecule has 0 aliphatic heterocycles. The maximum atomic E-state index is 12.4. The maximum absolute atomic E-state index is 12.4. The minimum Gasteiger partial charge on any atom is -0.445 e. The fraction of sp³-hybridized carbons (Fsp3) is 0.250. The van der Waals surface area contributed by atoms with Gasteiger partial charge in [0.25, 0.3) is 0 Å². The van der Waals surface area contributed by atoms with Crippen LogP contribution in [0.2, 0.25) is 0 Å². The number of aromatic nitrogens is 3. The van der Waals surface area contributed by atoms with E-state index in [-0.39, 0.29) is 17.7 Å². The third kappa shape index (κ3) is 4.13. The molecule has 3 aromatic heterocycles. The van der Waals surface area contributed by atoms with Crippen LogP contribution < -0.4 is 5.32 Å². The summed E-state index contributed by atoms with van der Waals surface area (Å²) in [6.07, 6.45) is 6.31. The number of hydrogen-bond donors (Lipinski definition) is 1. The Kier molecular flexibility index (Phi) is 5.50. The van der Waals surface area contributed by atoms with E-state index in [1.54, 1.807) is 24.2 Å². The molecule has 0 bridgehead atoms. The maximum Gasteiger partial charge on any atom is 0.246 e. The molecule has 0 saturated carbocycles. The molecule has 8 heteroatoms. The zero-order chi connectivity index (χ0) is 19.5. The summed E-state index contributed by atoms with van der Waals surface area (Å²) in [5.41, 5.74) is 1.04. The average molecular weight is 413 g/mol. The summed E-state index contributed by atoms with van der Waals surface area (Å²) in [5, 5.41) is 4.68. The zero-order valence-electron chi connectivity index (χ0n) is 15.6. The van der Waals surface area contributed by atoms with Gasteiger partial charge in [-0.25, -0.2) is 9.97 Å². The summed E-state index contributed by atoms with van der Waals surface area (Å²) in [4.78, 5) is 21.1. The fourth-order valence-electron chi connectivity index (χ4n) is 2.86. The van der Waals surface area contributed by atoms with E-state index in [1.165, 1.54) is 11.3 Å². The molecule has 0 aliphatic rings. The van der Waals surface area contributed by atoms with Crippen LogP contribution in [0.25, 0.3) is 10.9 Å². The van der Waals surface area contributed by atoms with Crippen LogP contribution in [-0.2, 0) is 17.8 Å². The number of para-hydroxylation sites is 1. The number of nitrogens with zero attached hydrogens (tertiary/aromatic N) is 3. The van der Waals surface area contributed by atoms with Gasteiger partial charge < -0.3 is 14.3 Å². The van der Waals surface area contributed by atoms with Crippen molar-refractivity contribution in [2.24, 2.45) is 0 Å². The number of rotatable bonds is 7. The number of thioether (sulfide) groups is 1. The van der Waals surface area contributed by atoms with Gasteiger partial charge in [-0.15, -0.1) is 11.8 Å². The van der Waals surface area contributed by atoms with Crippen molar-refractivity contribution in [3.8, 4) is 0 Å². The van der Waals surface area contributed by atoms with E-state index in [1.807, 2.05) is 54.9 Å². The quantitative estimate of drug-likeness (QED) is 0.426. The molecule has 1 aromatic carbocycles. The molecule has 144 valence electrons. The molecule has 1 amide bonds. The highest BCUT2D eigenvalue weighted by atomic mass is 32.2. The number of hydrogen-bond acceptors (Lipinski definition) is 6. The SMILES string of the molecule is CCc1cnc(C(C)Sc2cnc(NC(=O)Cn3ccc4ccccc43)s2)o1. The Balaban J connectivity index is 1.37. The number of amides is 1. The number of oxazole rings is 1. The van der Waals surface area contributed by atoms with Crippen molar-refractivity contribution in [3.05, 3.63) is 60.6 Å². The molecule has 0 fully saturated rings. The first-order valence-corrected chi connectivity index (χ1v) is 10.7. The second-order valence-electron chi connectivity index (χ2n) is 6.31. The standard InChI is InChI=1S/C20H20N4O2S2/c1-3-15-10-21-19(26-15)13(2)27-18-11-22-20(28-18)23-17(25)12-24-9-8-14-6-4-5-7-16(14)24/h4-11,13H,3,12H2,1-2H3,(H,22,23,25). The summed E-state index contributed by atoms with van der Waals surface area (Å²) in [5.74, 6) is 1.50. The smallest absolute Gasteiger partial charge is 0.246 e. The van der Waals surface area contributed by atoms with Crippen molar-refractivity contribution in [3.63, 3.8) is 0 Å². The van der Waals surface area contributed by atoms with Crippen molar-refractivity contribution in [1.82, 2.24) is 14.5 Å². The number of fused-ring (bicyclic) bond motifs is 1. The zero-order valence-corrected chi connectivity index (χ0v) is 17.2. The van der Waals surface area contributed by atoms with Gasteiger partial charge in [0.2, 0.25) is 11.8 Å². The fourth-order valence-corrected chi connectivity index (χ4v) is 4.96. The number of nitrogens with one attached hydrogen (secondary N) is 1. The highest BCUT2D eigenvalue weighted by Crippen LogP contribution is 2.38. The second kappa shape index (κ2) is 8.20. The van der Waals surface area contributed by atoms with Gasteiger partial charge >= 0.3 is 0 Å². The van der Waals surface area contributed by atoms with Crippen LogP contribution in [0.3, 0.4) is 0 Å². The Labute approximate surface area is 171 Å². The van der Waals surface area contributed by atoms with Crippen LogP contribution in [0.5, 0.6) is 0 Å². The predicted molar refractivity (Wildman–Crippen MR) is 113 cm³/mol. The number of aryl methyl sites for hydroxylation is 1. The molecule has 0 aliphatic carbocycles. The van der Waals surface area contributed by atoms with E-state index in [0.29, 0.717) is 11.0 Å². The van der Waals surface area contributed by atoms with Gasteiger partial charge in [-0.05, 0) is 24.4 Å². The van der Waals surface area contributed by atoms with Crippen LogP contribution in [0.4, 0.5) is 5.13 Å². The largest absolute Gasteiger partial charge is 0.445 e. The molecule has 4 rings (SSSR count). The Morgan fingerprint density at radius 1 is 1.29 bits per heavy atom. The number of carbonyl (C=O) groups is 1. The van der Waals surface area contributed by atoms with Crippen LogP contribution in [0.15, 0.2) is 57.5 Å². The minimum atomic E-state index is -0.0967. The Morgan fingerprint density at radius 2 is 2.14 bits per heavy atom. The lowest BCUT2D eigenvalue weighted by Crippen LogP contribution is -2.17. The Bertz CT molecular complexity index is 1100. The van der Waals surface area contributed by atoms with Crippen molar-refractivity contribution < 1.29 is 9.21 Å². The molecule has 6 nitrogen and oxygen atoms in total. The first-order valence-electron chi connectivity index (χ1n) is 9.03. The first-order chi connectivity index (χ1) is 13.6. The first kappa shape index (κ1) is 18.8. The van der Waals surface area contributed by atoms with E-state index < -0.39 is 0 Å². The summed E-state index contributed by atoms with van der Waals surface area (Å²) in [7, 11) is 0. The highest BCUT2D eigenvalue weighted by molar-refractivity contribution is 8.01. The van der Waals surface area contributed by atoms with Gasteiger partial charge in [0, 0.05) is 18.1 Å².